The summed E-state index contributed by atoms with van der Waals surface area (Å²) >= 11 is 0. The SMILES string of the molecule is C[C@]12C=CCOC(=O)[C@H]1[C@H]1C(=O)N(CCCCO)C3C(=O)N(CCN4CCOCC4)CC=C[C@@]31O2. The molecule has 10 heteroatoms. The molecular formula is C25H35N3O7. The topological polar surface area (TPSA) is 109 Å². The van der Waals surface area contributed by atoms with Gasteiger partial charge in [-0.2, -0.15) is 0 Å². The van der Waals surface area contributed by atoms with Gasteiger partial charge >= 0.3 is 5.97 Å². The second-order valence-electron chi connectivity index (χ2n) is 10.1. The third-order valence-electron chi connectivity index (χ3n) is 7.99. The molecule has 5 atom stereocenters. The predicted molar refractivity (Wildman–Crippen MR) is 124 cm³/mol. The molecule has 0 aromatic rings. The van der Waals surface area contributed by atoms with Gasteiger partial charge in [0.1, 0.15) is 24.2 Å². The summed E-state index contributed by atoms with van der Waals surface area (Å²) < 4.78 is 17.5. The van der Waals surface area contributed by atoms with E-state index in [0.717, 1.165) is 19.6 Å². The fourth-order valence-corrected chi connectivity index (χ4v) is 6.32. The standard InChI is InChI=1S/C25H35N3O7/c1-24-6-5-15-34-23(32)19(24)18-21(30)28(9-2-3-14-29)20-22(31)27(8-4-7-25(18,20)35-24)11-10-26-12-16-33-17-13-26/h4-7,18-20,29H,2-3,8-17H2,1H3/t18-,19+,20?,24-,25-/m0/s1. The molecule has 5 rings (SSSR count). The molecule has 1 spiro atoms. The van der Waals surface area contributed by atoms with E-state index in [0.29, 0.717) is 45.7 Å². The van der Waals surface area contributed by atoms with Crippen LogP contribution in [-0.4, -0.2) is 121 Å². The van der Waals surface area contributed by atoms with Gasteiger partial charge in [0.25, 0.3) is 0 Å². The van der Waals surface area contributed by atoms with Crippen LogP contribution in [0.5, 0.6) is 0 Å². The van der Waals surface area contributed by atoms with Gasteiger partial charge in [-0.1, -0.05) is 18.2 Å². The zero-order valence-electron chi connectivity index (χ0n) is 20.3. The van der Waals surface area contributed by atoms with Crippen molar-refractivity contribution in [2.45, 2.75) is 37.0 Å². The molecule has 2 amide bonds. The molecule has 192 valence electrons. The van der Waals surface area contributed by atoms with Gasteiger partial charge in [0.05, 0.1) is 24.7 Å². The smallest absolute Gasteiger partial charge is 0.313 e. The highest BCUT2D eigenvalue weighted by Crippen LogP contribution is 2.57. The van der Waals surface area contributed by atoms with Crippen LogP contribution in [0.1, 0.15) is 19.8 Å². The van der Waals surface area contributed by atoms with E-state index < -0.39 is 35.0 Å². The summed E-state index contributed by atoms with van der Waals surface area (Å²) in [5, 5.41) is 9.29. The average Bonchev–Trinajstić information content (AvgIpc) is 3.10. The van der Waals surface area contributed by atoms with E-state index in [1.165, 1.54) is 0 Å². The van der Waals surface area contributed by atoms with Crippen LogP contribution in [0, 0.1) is 11.8 Å². The van der Waals surface area contributed by atoms with Crippen LogP contribution < -0.4 is 0 Å². The van der Waals surface area contributed by atoms with E-state index in [-0.39, 0.29) is 25.0 Å². The van der Waals surface area contributed by atoms with E-state index in [4.69, 9.17) is 14.2 Å². The molecule has 1 unspecified atom stereocenters. The fraction of sp³-hybridized carbons (Fsp3) is 0.720. The molecule has 5 aliphatic heterocycles. The maximum atomic E-state index is 14.1. The van der Waals surface area contributed by atoms with Crippen LogP contribution in [0.3, 0.4) is 0 Å². The summed E-state index contributed by atoms with van der Waals surface area (Å²) in [7, 11) is 0. The maximum Gasteiger partial charge on any atom is 0.313 e. The molecule has 0 aromatic heterocycles. The second kappa shape index (κ2) is 9.65. The van der Waals surface area contributed by atoms with Crippen molar-refractivity contribution in [3.05, 3.63) is 24.3 Å². The first-order valence-corrected chi connectivity index (χ1v) is 12.6. The number of esters is 1. The van der Waals surface area contributed by atoms with Gasteiger partial charge in [-0.05, 0) is 25.8 Å². The third-order valence-corrected chi connectivity index (χ3v) is 7.99. The number of ether oxygens (including phenoxy) is 3. The molecule has 3 fully saturated rings. The fourth-order valence-electron chi connectivity index (χ4n) is 6.32. The summed E-state index contributed by atoms with van der Waals surface area (Å²) in [6.45, 7) is 6.96. The number of aliphatic hydroxyl groups excluding tert-OH is 1. The number of fused-ring (bicyclic) bond motifs is 2. The number of aliphatic hydroxyl groups is 1. The Labute approximate surface area is 205 Å². The van der Waals surface area contributed by atoms with Crippen LogP contribution in [0.15, 0.2) is 24.3 Å². The predicted octanol–water partition coefficient (Wildman–Crippen LogP) is -0.427. The monoisotopic (exact) mass is 489 g/mol. The Kier molecular flexibility index (Phi) is 6.73. The third kappa shape index (κ3) is 4.10. The van der Waals surface area contributed by atoms with E-state index in [1.807, 2.05) is 12.2 Å². The van der Waals surface area contributed by atoms with Crippen molar-refractivity contribution in [3.8, 4) is 0 Å². The van der Waals surface area contributed by atoms with Gasteiger partial charge in [0, 0.05) is 45.9 Å². The molecule has 0 bridgehead atoms. The number of hydrogen-bond acceptors (Lipinski definition) is 8. The van der Waals surface area contributed by atoms with Gasteiger partial charge in [0.15, 0.2) is 0 Å². The maximum absolute atomic E-state index is 14.1. The van der Waals surface area contributed by atoms with Gasteiger partial charge < -0.3 is 29.1 Å². The first-order valence-electron chi connectivity index (χ1n) is 12.6. The molecule has 0 aromatic carbocycles. The number of nitrogens with zero attached hydrogens (tertiary/aromatic N) is 3. The van der Waals surface area contributed by atoms with Crippen molar-refractivity contribution < 1.29 is 33.7 Å². The Morgan fingerprint density at radius 1 is 1.00 bits per heavy atom. The first kappa shape index (κ1) is 24.4. The Bertz CT molecular complexity index is 917. The normalized spacial score (nSPS) is 37.1. The highest BCUT2D eigenvalue weighted by molar-refractivity contribution is 5.99. The largest absolute Gasteiger partial charge is 0.461 e. The minimum absolute atomic E-state index is 0.00904. The van der Waals surface area contributed by atoms with Crippen molar-refractivity contribution in [1.29, 1.82) is 0 Å². The van der Waals surface area contributed by atoms with Crippen molar-refractivity contribution in [3.63, 3.8) is 0 Å². The van der Waals surface area contributed by atoms with Crippen LogP contribution in [-0.2, 0) is 28.6 Å². The summed E-state index contributed by atoms with van der Waals surface area (Å²) in [5.41, 5.74) is -2.29. The number of hydrogen-bond donors (Lipinski definition) is 1. The summed E-state index contributed by atoms with van der Waals surface area (Å²) in [5.74, 6) is -2.59. The van der Waals surface area contributed by atoms with E-state index >= 15 is 0 Å². The lowest BCUT2D eigenvalue weighted by atomic mass is 9.75. The molecule has 0 radical (unpaired) electrons. The molecule has 1 N–H and O–H groups in total. The molecule has 0 aliphatic carbocycles. The van der Waals surface area contributed by atoms with Crippen molar-refractivity contribution in [2.75, 3.05) is 65.7 Å². The number of carbonyl (C=O) groups excluding carboxylic acids is 3. The zero-order valence-corrected chi connectivity index (χ0v) is 20.3. The van der Waals surface area contributed by atoms with Crippen molar-refractivity contribution >= 4 is 17.8 Å². The van der Waals surface area contributed by atoms with Gasteiger partial charge in [0.2, 0.25) is 11.8 Å². The van der Waals surface area contributed by atoms with Crippen molar-refractivity contribution in [2.24, 2.45) is 11.8 Å². The average molecular weight is 490 g/mol. The summed E-state index contributed by atoms with van der Waals surface area (Å²) in [6, 6.07) is -0.868. The summed E-state index contributed by atoms with van der Waals surface area (Å²) in [6.07, 6.45) is 8.36. The quantitative estimate of drug-likeness (QED) is 0.292. The van der Waals surface area contributed by atoms with Crippen LogP contribution >= 0.6 is 0 Å². The summed E-state index contributed by atoms with van der Waals surface area (Å²) in [4.78, 5) is 46.7. The van der Waals surface area contributed by atoms with Gasteiger partial charge in [-0.25, -0.2) is 0 Å². The Morgan fingerprint density at radius 2 is 1.80 bits per heavy atom. The number of rotatable bonds is 7. The number of carbonyl (C=O) groups is 3. The van der Waals surface area contributed by atoms with Gasteiger partial charge in [-0.3, -0.25) is 19.3 Å². The molecular weight excluding hydrogens is 454 g/mol. The lowest BCUT2D eigenvalue weighted by Gasteiger charge is -2.37. The molecule has 3 saturated heterocycles. The number of amides is 2. The van der Waals surface area contributed by atoms with E-state index in [9.17, 15) is 19.5 Å². The van der Waals surface area contributed by atoms with E-state index in [2.05, 4.69) is 4.90 Å². The van der Waals surface area contributed by atoms with Gasteiger partial charge in [-0.15, -0.1) is 0 Å². The van der Waals surface area contributed by atoms with Crippen molar-refractivity contribution in [1.82, 2.24) is 14.7 Å². The molecule has 0 saturated carbocycles. The molecule has 10 nitrogen and oxygen atoms in total. The van der Waals surface area contributed by atoms with E-state index in [1.54, 1.807) is 28.9 Å². The number of likely N-dealkylation sites (tertiary alicyclic amines) is 1. The Morgan fingerprint density at radius 3 is 2.57 bits per heavy atom. The number of unbranched alkanes of at least 4 members (excludes halogenated alkanes) is 1. The minimum atomic E-state index is -1.25. The Hall–Kier alpha value is -2.27. The minimum Gasteiger partial charge on any atom is -0.461 e. The zero-order chi connectivity index (χ0) is 24.6. The highest BCUT2D eigenvalue weighted by atomic mass is 16.6. The van der Waals surface area contributed by atoms with Crippen LogP contribution in [0.2, 0.25) is 0 Å². The first-order chi connectivity index (χ1) is 16.9. The number of cyclic esters (lactones) is 1. The second-order valence-corrected chi connectivity index (χ2v) is 10.1. The number of morpholine rings is 1. The van der Waals surface area contributed by atoms with Crippen LogP contribution in [0.25, 0.3) is 0 Å². The van der Waals surface area contributed by atoms with Crippen LogP contribution in [0.4, 0.5) is 0 Å². The lowest BCUT2D eigenvalue weighted by molar-refractivity contribution is -0.157. The highest BCUT2D eigenvalue weighted by Gasteiger charge is 2.74. The molecule has 5 aliphatic rings. The molecule has 35 heavy (non-hydrogen) atoms. The molecule has 5 heterocycles. The lowest BCUT2D eigenvalue weighted by Crippen LogP contribution is -2.56. The Balaban J connectivity index is 1.47.